The SMILES string of the molecule is COc1cc(Br)cc(C=Nc2sc3c(c2C(=O)Nc2ccccc2)CCCC3)c1OCc1ccc(C#N)cc1. The third-order valence-corrected chi connectivity index (χ3v) is 8.12. The van der Waals surface area contributed by atoms with Crippen LogP contribution in [0.25, 0.3) is 0 Å². The predicted octanol–water partition coefficient (Wildman–Crippen LogP) is 7.85. The number of aliphatic imine (C=N–C) groups is 1. The van der Waals surface area contributed by atoms with Gasteiger partial charge in [0.25, 0.3) is 5.91 Å². The first-order chi connectivity index (χ1) is 19.1. The van der Waals surface area contributed by atoms with E-state index in [9.17, 15) is 4.79 Å². The van der Waals surface area contributed by atoms with Crippen molar-refractivity contribution in [3.05, 3.63) is 104 Å². The molecule has 0 saturated carbocycles. The highest BCUT2D eigenvalue weighted by Gasteiger charge is 2.25. The van der Waals surface area contributed by atoms with Crippen LogP contribution in [0, 0.1) is 11.3 Å². The number of benzene rings is 3. The van der Waals surface area contributed by atoms with E-state index in [1.165, 1.54) is 4.88 Å². The van der Waals surface area contributed by atoms with Crippen molar-refractivity contribution in [2.45, 2.75) is 32.3 Å². The Morgan fingerprint density at radius 1 is 1.13 bits per heavy atom. The number of rotatable bonds is 8. The molecule has 1 aromatic heterocycles. The molecular formula is C31H26BrN3O3S. The molecule has 6 nitrogen and oxygen atoms in total. The number of nitrogens with one attached hydrogen (secondary N) is 1. The number of methoxy groups -OCH3 is 1. The second kappa shape index (κ2) is 12.3. The molecule has 39 heavy (non-hydrogen) atoms. The van der Waals surface area contributed by atoms with E-state index >= 15 is 0 Å². The van der Waals surface area contributed by atoms with E-state index in [2.05, 4.69) is 27.3 Å². The van der Waals surface area contributed by atoms with Gasteiger partial charge in [-0.15, -0.1) is 11.3 Å². The van der Waals surface area contributed by atoms with Crippen LogP contribution < -0.4 is 14.8 Å². The third kappa shape index (κ3) is 6.22. The molecule has 4 aromatic rings. The summed E-state index contributed by atoms with van der Waals surface area (Å²) in [6.45, 7) is 0.294. The molecule has 0 atom stereocenters. The molecule has 1 aliphatic rings. The molecule has 0 fully saturated rings. The molecule has 3 aromatic carbocycles. The highest BCUT2D eigenvalue weighted by Crippen LogP contribution is 2.41. The lowest BCUT2D eigenvalue weighted by Crippen LogP contribution is -2.14. The van der Waals surface area contributed by atoms with Crippen molar-refractivity contribution in [2.75, 3.05) is 12.4 Å². The molecule has 196 valence electrons. The van der Waals surface area contributed by atoms with Gasteiger partial charge in [0.05, 0.1) is 24.3 Å². The van der Waals surface area contributed by atoms with Gasteiger partial charge < -0.3 is 14.8 Å². The fourth-order valence-electron chi connectivity index (χ4n) is 4.54. The predicted molar refractivity (Wildman–Crippen MR) is 159 cm³/mol. The number of carbonyl (C=O) groups is 1. The van der Waals surface area contributed by atoms with Crippen molar-refractivity contribution >= 4 is 50.1 Å². The van der Waals surface area contributed by atoms with Gasteiger partial charge >= 0.3 is 0 Å². The zero-order valence-electron chi connectivity index (χ0n) is 21.4. The molecule has 1 N–H and O–H groups in total. The Bertz CT molecular complexity index is 1560. The maximum Gasteiger partial charge on any atom is 0.259 e. The van der Waals surface area contributed by atoms with Crippen LogP contribution in [0.2, 0.25) is 0 Å². The number of para-hydroxylation sites is 1. The first-order valence-electron chi connectivity index (χ1n) is 12.6. The Morgan fingerprint density at radius 3 is 2.64 bits per heavy atom. The Balaban J connectivity index is 1.47. The number of ether oxygens (including phenoxy) is 2. The highest BCUT2D eigenvalue weighted by atomic mass is 79.9. The number of fused-ring (bicyclic) bond motifs is 1. The summed E-state index contributed by atoms with van der Waals surface area (Å²) in [5.41, 5.74) is 4.75. The van der Waals surface area contributed by atoms with Crippen LogP contribution >= 0.6 is 27.3 Å². The van der Waals surface area contributed by atoms with E-state index in [1.54, 1.807) is 36.8 Å². The van der Waals surface area contributed by atoms with Crippen molar-refractivity contribution in [2.24, 2.45) is 4.99 Å². The summed E-state index contributed by atoms with van der Waals surface area (Å²) >= 11 is 5.14. The van der Waals surface area contributed by atoms with Crippen molar-refractivity contribution < 1.29 is 14.3 Å². The highest BCUT2D eigenvalue weighted by molar-refractivity contribution is 9.10. The second-order valence-electron chi connectivity index (χ2n) is 9.09. The Hall–Kier alpha value is -3.93. The number of amides is 1. The van der Waals surface area contributed by atoms with E-state index in [4.69, 9.17) is 19.7 Å². The van der Waals surface area contributed by atoms with Gasteiger partial charge in [0.2, 0.25) is 0 Å². The smallest absolute Gasteiger partial charge is 0.259 e. The van der Waals surface area contributed by atoms with Crippen LogP contribution in [0.15, 0.2) is 76.2 Å². The summed E-state index contributed by atoms with van der Waals surface area (Å²) in [6, 6.07) is 22.6. The van der Waals surface area contributed by atoms with Crippen LogP contribution in [-0.4, -0.2) is 19.2 Å². The third-order valence-electron chi connectivity index (χ3n) is 6.47. The lowest BCUT2D eigenvalue weighted by Gasteiger charge is -2.14. The summed E-state index contributed by atoms with van der Waals surface area (Å²) in [6.07, 6.45) is 5.76. The first-order valence-corrected chi connectivity index (χ1v) is 14.2. The zero-order valence-corrected chi connectivity index (χ0v) is 23.8. The fraction of sp³-hybridized carbons (Fsp3) is 0.194. The van der Waals surface area contributed by atoms with Gasteiger partial charge in [-0.1, -0.05) is 46.3 Å². The van der Waals surface area contributed by atoms with Crippen molar-refractivity contribution in [1.29, 1.82) is 5.26 Å². The zero-order chi connectivity index (χ0) is 27.2. The average Bonchev–Trinajstić information content (AvgIpc) is 3.34. The molecule has 0 aliphatic heterocycles. The van der Waals surface area contributed by atoms with Crippen molar-refractivity contribution in [3.8, 4) is 17.6 Å². The Morgan fingerprint density at radius 2 is 1.90 bits per heavy atom. The van der Waals surface area contributed by atoms with Gasteiger partial charge in [0.15, 0.2) is 11.5 Å². The number of aryl methyl sites for hydroxylation is 1. The van der Waals surface area contributed by atoms with Gasteiger partial charge in [-0.3, -0.25) is 4.79 Å². The van der Waals surface area contributed by atoms with Gasteiger partial charge in [-0.25, -0.2) is 4.99 Å². The fourth-order valence-corrected chi connectivity index (χ4v) is 6.23. The van der Waals surface area contributed by atoms with Crippen LogP contribution in [0.4, 0.5) is 10.7 Å². The number of thiophene rings is 1. The largest absolute Gasteiger partial charge is 0.493 e. The van der Waals surface area contributed by atoms with Gasteiger partial charge in [-0.05, 0) is 73.2 Å². The minimum absolute atomic E-state index is 0.142. The Kier molecular flexibility index (Phi) is 8.40. The summed E-state index contributed by atoms with van der Waals surface area (Å²) in [7, 11) is 1.59. The molecule has 8 heteroatoms. The first kappa shape index (κ1) is 26.7. The minimum atomic E-state index is -0.142. The number of hydrogen-bond donors (Lipinski definition) is 1. The molecule has 1 aliphatic carbocycles. The lowest BCUT2D eigenvalue weighted by molar-refractivity contribution is 0.102. The van der Waals surface area contributed by atoms with E-state index < -0.39 is 0 Å². The van der Waals surface area contributed by atoms with Crippen LogP contribution in [0.1, 0.15) is 50.3 Å². The minimum Gasteiger partial charge on any atom is -0.493 e. The maximum absolute atomic E-state index is 13.5. The topological polar surface area (TPSA) is 83.7 Å². The normalized spacial score (nSPS) is 12.5. The number of halogens is 1. The number of hydrogen-bond acceptors (Lipinski definition) is 6. The molecule has 0 unspecified atom stereocenters. The molecule has 5 rings (SSSR count). The average molecular weight is 601 g/mol. The van der Waals surface area contributed by atoms with Crippen LogP contribution in [0.5, 0.6) is 11.5 Å². The van der Waals surface area contributed by atoms with Crippen molar-refractivity contribution in [3.63, 3.8) is 0 Å². The number of carbonyl (C=O) groups excluding carboxylic acids is 1. The van der Waals surface area contributed by atoms with Crippen molar-refractivity contribution in [1.82, 2.24) is 0 Å². The van der Waals surface area contributed by atoms with E-state index in [0.29, 0.717) is 34.2 Å². The molecular weight excluding hydrogens is 574 g/mol. The summed E-state index contributed by atoms with van der Waals surface area (Å²) in [5.74, 6) is 0.967. The van der Waals surface area contributed by atoms with E-state index in [-0.39, 0.29) is 5.91 Å². The molecule has 0 radical (unpaired) electrons. The lowest BCUT2D eigenvalue weighted by atomic mass is 9.95. The summed E-state index contributed by atoms with van der Waals surface area (Å²) in [4.78, 5) is 19.5. The quantitative estimate of drug-likeness (QED) is 0.209. The second-order valence-corrected chi connectivity index (χ2v) is 11.1. The molecule has 1 amide bonds. The molecule has 0 bridgehead atoms. The summed E-state index contributed by atoms with van der Waals surface area (Å²) in [5, 5.41) is 12.8. The van der Waals surface area contributed by atoms with Gasteiger partial charge in [0.1, 0.15) is 11.6 Å². The number of anilines is 1. The van der Waals surface area contributed by atoms with Gasteiger partial charge in [0, 0.05) is 26.8 Å². The molecule has 0 saturated heterocycles. The number of nitrogens with zero attached hydrogens (tertiary/aromatic N) is 2. The van der Waals surface area contributed by atoms with Crippen LogP contribution in [0.3, 0.4) is 0 Å². The Labute approximate surface area is 240 Å². The maximum atomic E-state index is 13.5. The number of nitriles is 1. The van der Waals surface area contributed by atoms with E-state index in [1.807, 2.05) is 54.6 Å². The molecule has 0 spiro atoms. The molecule has 1 heterocycles. The van der Waals surface area contributed by atoms with E-state index in [0.717, 1.165) is 52.5 Å². The standard InChI is InChI=1S/C31H26BrN3O3S/c1-37-26-16-23(32)15-22(29(26)38-19-21-13-11-20(17-33)12-14-21)18-34-31-28(25-9-5-6-10-27(25)39-31)30(36)35-24-7-3-2-4-8-24/h2-4,7-8,11-16,18H,5-6,9-10,19H2,1H3,(H,35,36). The monoisotopic (exact) mass is 599 g/mol. The van der Waals surface area contributed by atoms with Crippen LogP contribution in [-0.2, 0) is 19.4 Å². The summed E-state index contributed by atoms with van der Waals surface area (Å²) < 4.78 is 12.6. The van der Waals surface area contributed by atoms with Gasteiger partial charge in [-0.2, -0.15) is 5.26 Å².